The van der Waals surface area contributed by atoms with Gasteiger partial charge in [-0.05, 0) is 6.92 Å². The third-order valence-electron chi connectivity index (χ3n) is 0.748. The number of aliphatic imine (C=N–C) groups is 1. The molecule has 0 spiro atoms. The van der Waals surface area contributed by atoms with Crippen molar-refractivity contribution < 1.29 is 4.79 Å². The van der Waals surface area contributed by atoms with E-state index in [1.54, 1.807) is 20.0 Å². The van der Waals surface area contributed by atoms with E-state index in [1.165, 1.54) is 6.21 Å². The van der Waals surface area contributed by atoms with E-state index in [-0.39, 0.29) is 0 Å². The largest absolute Gasteiger partial charge is 0.298 e. The summed E-state index contributed by atoms with van der Waals surface area (Å²) in [5.41, 5.74) is 0.618. The second-order valence-corrected chi connectivity index (χ2v) is 1.29. The second kappa shape index (κ2) is 4.24. The maximum atomic E-state index is 9.97. The van der Waals surface area contributed by atoms with Gasteiger partial charge in [0.2, 0.25) is 0 Å². The van der Waals surface area contributed by atoms with Gasteiger partial charge >= 0.3 is 0 Å². The molecule has 8 heavy (non-hydrogen) atoms. The maximum Gasteiger partial charge on any atom is 0.151 e. The van der Waals surface area contributed by atoms with Crippen molar-refractivity contribution in [2.75, 3.05) is 7.05 Å². The summed E-state index contributed by atoms with van der Waals surface area (Å²) in [4.78, 5) is 13.6. The minimum absolute atomic E-state index is 0.618. The molecule has 0 N–H and O–H groups in total. The molecule has 0 amide bonds. The van der Waals surface area contributed by atoms with E-state index < -0.39 is 0 Å². The normalized spacial score (nSPS) is 12.5. The molecule has 0 fully saturated rings. The Morgan fingerprint density at radius 2 is 2.25 bits per heavy atom. The van der Waals surface area contributed by atoms with Crippen LogP contribution in [0.2, 0.25) is 0 Å². The molecule has 0 saturated heterocycles. The molecule has 0 radical (unpaired) electrons. The molecule has 0 aliphatic carbocycles. The van der Waals surface area contributed by atoms with Crippen molar-refractivity contribution in [2.45, 2.75) is 6.92 Å². The standard InChI is InChI=1S/C6H9NO/c1-3-6(5-8)4-7-2/h3-5H,1-2H3/b6-3+,7-4?. The van der Waals surface area contributed by atoms with Gasteiger partial charge in [0.05, 0.1) is 0 Å². The highest BCUT2D eigenvalue weighted by Crippen LogP contribution is 1.80. The zero-order chi connectivity index (χ0) is 6.41. The smallest absolute Gasteiger partial charge is 0.151 e. The van der Waals surface area contributed by atoms with Crippen molar-refractivity contribution in [3.8, 4) is 0 Å². The first-order valence-corrected chi connectivity index (χ1v) is 2.38. The molecule has 2 heteroatoms. The number of aldehydes is 1. The van der Waals surface area contributed by atoms with Crippen LogP contribution in [-0.4, -0.2) is 19.5 Å². The van der Waals surface area contributed by atoms with Crippen molar-refractivity contribution in [1.29, 1.82) is 0 Å². The number of nitrogens with zero attached hydrogens (tertiary/aromatic N) is 1. The third kappa shape index (κ3) is 2.29. The lowest BCUT2D eigenvalue weighted by Gasteiger charge is -1.79. The maximum absolute atomic E-state index is 9.97. The van der Waals surface area contributed by atoms with Gasteiger partial charge in [0.1, 0.15) is 0 Å². The van der Waals surface area contributed by atoms with Crippen LogP contribution in [0, 0.1) is 0 Å². The first-order chi connectivity index (χ1) is 3.85. The highest BCUT2D eigenvalue weighted by Gasteiger charge is 1.81. The summed E-state index contributed by atoms with van der Waals surface area (Å²) >= 11 is 0. The predicted octanol–water partition coefficient (Wildman–Crippen LogP) is 0.832. The highest BCUT2D eigenvalue weighted by molar-refractivity contribution is 6.01. The Morgan fingerprint density at radius 3 is 2.38 bits per heavy atom. The van der Waals surface area contributed by atoms with Gasteiger partial charge in [-0.25, -0.2) is 0 Å². The molecule has 0 atom stereocenters. The highest BCUT2D eigenvalue weighted by atomic mass is 16.1. The number of hydrogen-bond acceptors (Lipinski definition) is 2. The monoisotopic (exact) mass is 111 g/mol. The Labute approximate surface area is 48.9 Å². The van der Waals surface area contributed by atoms with E-state index in [0.717, 1.165) is 6.29 Å². The van der Waals surface area contributed by atoms with Crippen LogP contribution in [0.3, 0.4) is 0 Å². The molecule has 0 aliphatic rings. The lowest BCUT2D eigenvalue weighted by molar-refractivity contribution is -0.104. The molecule has 2 nitrogen and oxygen atoms in total. The van der Waals surface area contributed by atoms with E-state index in [9.17, 15) is 4.79 Å². The lowest BCUT2D eigenvalue weighted by atomic mass is 10.3. The van der Waals surface area contributed by atoms with Crippen molar-refractivity contribution >= 4 is 12.5 Å². The van der Waals surface area contributed by atoms with Crippen LogP contribution in [0.5, 0.6) is 0 Å². The quantitative estimate of drug-likeness (QED) is 0.295. The summed E-state index contributed by atoms with van der Waals surface area (Å²) in [6, 6.07) is 0. The van der Waals surface area contributed by atoms with Crippen LogP contribution in [0.4, 0.5) is 0 Å². The second-order valence-electron chi connectivity index (χ2n) is 1.29. The molecule has 0 rings (SSSR count). The zero-order valence-corrected chi connectivity index (χ0v) is 5.09. The zero-order valence-electron chi connectivity index (χ0n) is 5.09. The van der Waals surface area contributed by atoms with Gasteiger partial charge < -0.3 is 0 Å². The van der Waals surface area contributed by atoms with Crippen LogP contribution in [0.1, 0.15) is 6.92 Å². The minimum Gasteiger partial charge on any atom is -0.298 e. The predicted molar refractivity (Wildman–Crippen MR) is 34.2 cm³/mol. The van der Waals surface area contributed by atoms with Crippen molar-refractivity contribution in [3.63, 3.8) is 0 Å². The average molecular weight is 111 g/mol. The Kier molecular flexibility index (Phi) is 3.76. The molecule has 0 aromatic rings. The van der Waals surface area contributed by atoms with E-state index in [2.05, 4.69) is 4.99 Å². The SMILES string of the molecule is C/C=C(/C=O)C=NC. The molecule has 44 valence electrons. The molecule has 0 unspecified atom stereocenters. The van der Waals surface area contributed by atoms with Gasteiger partial charge in [0.25, 0.3) is 0 Å². The summed E-state index contributed by atoms with van der Waals surface area (Å²) < 4.78 is 0. The van der Waals surface area contributed by atoms with E-state index in [4.69, 9.17) is 0 Å². The topological polar surface area (TPSA) is 29.4 Å². The van der Waals surface area contributed by atoms with Crippen LogP contribution in [0.15, 0.2) is 16.6 Å². The minimum atomic E-state index is 0.618. The van der Waals surface area contributed by atoms with Crippen molar-refractivity contribution in [2.24, 2.45) is 4.99 Å². The molecule has 0 saturated carbocycles. The number of allylic oxidation sites excluding steroid dienone is 2. The van der Waals surface area contributed by atoms with E-state index in [0.29, 0.717) is 5.57 Å². The molecule has 0 aliphatic heterocycles. The number of hydrogen-bond donors (Lipinski definition) is 0. The molecule has 0 aromatic carbocycles. The fourth-order valence-corrected chi connectivity index (χ4v) is 0.322. The summed E-state index contributed by atoms with van der Waals surface area (Å²) in [5, 5.41) is 0. The number of carbonyl (C=O) groups excluding carboxylic acids is 1. The van der Waals surface area contributed by atoms with Gasteiger partial charge in [-0.3, -0.25) is 9.79 Å². The first-order valence-electron chi connectivity index (χ1n) is 2.38. The molecule has 0 bridgehead atoms. The van der Waals surface area contributed by atoms with Gasteiger partial charge in [-0.2, -0.15) is 0 Å². The lowest BCUT2D eigenvalue weighted by Crippen LogP contribution is -1.82. The van der Waals surface area contributed by atoms with Crippen molar-refractivity contribution in [1.82, 2.24) is 0 Å². The van der Waals surface area contributed by atoms with Crippen molar-refractivity contribution in [3.05, 3.63) is 11.6 Å². The Bertz CT molecular complexity index is 124. The summed E-state index contributed by atoms with van der Waals surface area (Å²) in [6.07, 6.45) is 4.00. The Hall–Kier alpha value is -0.920. The molecule has 0 heterocycles. The van der Waals surface area contributed by atoms with Gasteiger partial charge in [0, 0.05) is 18.8 Å². The first kappa shape index (κ1) is 7.08. The number of carbonyl (C=O) groups is 1. The fourth-order valence-electron chi connectivity index (χ4n) is 0.322. The summed E-state index contributed by atoms with van der Waals surface area (Å²) in [5.74, 6) is 0. The summed E-state index contributed by atoms with van der Waals surface area (Å²) in [7, 11) is 1.63. The van der Waals surface area contributed by atoms with E-state index in [1.807, 2.05) is 0 Å². The van der Waals surface area contributed by atoms with Crippen LogP contribution in [0.25, 0.3) is 0 Å². The average Bonchev–Trinajstić information content (AvgIpc) is 1.83. The molecule has 0 aromatic heterocycles. The van der Waals surface area contributed by atoms with Crippen LogP contribution >= 0.6 is 0 Å². The van der Waals surface area contributed by atoms with Gasteiger partial charge in [0.15, 0.2) is 6.29 Å². The number of rotatable bonds is 2. The third-order valence-corrected chi connectivity index (χ3v) is 0.748. The fraction of sp³-hybridized carbons (Fsp3) is 0.333. The van der Waals surface area contributed by atoms with Gasteiger partial charge in [-0.15, -0.1) is 0 Å². The molecular formula is C6H9NO. The van der Waals surface area contributed by atoms with Gasteiger partial charge in [-0.1, -0.05) is 6.08 Å². The summed E-state index contributed by atoms with van der Waals surface area (Å²) in [6.45, 7) is 1.80. The Morgan fingerprint density at radius 1 is 1.62 bits per heavy atom. The Balaban J connectivity index is 3.91. The van der Waals surface area contributed by atoms with E-state index >= 15 is 0 Å². The van der Waals surface area contributed by atoms with Crippen LogP contribution < -0.4 is 0 Å². The molecular weight excluding hydrogens is 102 g/mol. The van der Waals surface area contributed by atoms with Crippen LogP contribution in [-0.2, 0) is 4.79 Å².